The second-order valence-corrected chi connectivity index (χ2v) is 8.22. The third-order valence-electron chi connectivity index (χ3n) is 4.83. The molecular weight excluding hydrogens is 430 g/mol. The number of hydrogen-bond donors (Lipinski definition) is 0. The number of thiazole rings is 1. The normalized spacial score (nSPS) is 11.0. The van der Waals surface area contributed by atoms with Crippen LogP contribution in [0.5, 0.6) is 23.0 Å². The van der Waals surface area contributed by atoms with Crippen LogP contribution in [0.2, 0.25) is 0 Å². The third-order valence-corrected chi connectivity index (χ3v) is 5.87. The molecule has 0 fully saturated rings. The van der Waals surface area contributed by atoms with Gasteiger partial charge in [0.2, 0.25) is 5.75 Å². The number of carbonyl (C=O) groups is 1. The third kappa shape index (κ3) is 4.89. The minimum absolute atomic E-state index is 0.205. The molecule has 0 aliphatic heterocycles. The average molecular weight is 460 g/mol. The van der Waals surface area contributed by atoms with Crippen molar-refractivity contribution in [2.45, 2.75) is 6.92 Å². The van der Waals surface area contributed by atoms with Gasteiger partial charge in [-0.15, -0.1) is 0 Å². The van der Waals surface area contributed by atoms with Gasteiger partial charge >= 0.3 is 0 Å². The maximum absolute atomic E-state index is 13.7. The maximum atomic E-state index is 13.7. The van der Waals surface area contributed by atoms with Crippen molar-refractivity contribution in [3.05, 3.63) is 35.9 Å². The molecule has 9 heteroatoms. The predicted octanol–water partition coefficient (Wildman–Crippen LogP) is 3.93. The van der Waals surface area contributed by atoms with E-state index in [0.29, 0.717) is 53.4 Å². The van der Waals surface area contributed by atoms with Crippen LogP contribution in [0.1, 0.15) is 17.3 Å². The van der Waals surface area contributed by atoms with E-state index in [9.17, 15) is 4.79 Å². The van der Waals surface area contributed by atoms with Gasteiger partial charge in [-0.2, -0.15) is 0 Å². The number of aromatic nitrogens is 1. The SMILES string of the molecule is CCOc1cccc2sc(N(CCN(C)C)C(=O)c3cc(OC)c(OC)c(OC)c3)nc12. The van der Waals surface area contributed by atoms with Crippen molar-refractivity contribution in [1.29, 1.82) is 0 Å². The summed E-state index contributed by atoms with van der Waals surface area (Å²) in [4.78, 5) is 22.1. The zero-order valence-electron chi connectivity index (χ0n) is 19.3. The molecule has 1 amide bonds. The Morgan fingerprint density at radius 2 is 1.69 bits per heavy atom. The summed E-state index contributed by atoms with van der Waals surface area (Å²) < 4.78 is 22.9. The maximum Gasteiger partial charge on any atom is 0.260 e. The van der Waals surface area contributed by atoms with Gasteiger partial charge in [0.25, 0.3) is 5.91 Å². The predicted molar refractivity (Wildman–Crippen MR) is 127 cm³/mol. The summed E-state index contributed by atoms with van der Waals surface area (Å²) in [6, 6.07) is 9.12. The molecule has 0 aliphatic rings. The Hall–Kier alpha value is -3.04. The zero-order valence-corrected chi connectivity index (χ0v) is 20.1. The number of rotatable bonds is 10. The van der Waals surface area contributed by atoms with Gasteiger partial charge in [0.15, 0.2) is 16.6 Å². The molecule has 2 aromatic carbocycles. The number of para-hydroxylation sites is 1. The van der Waals surface area contributed by atoms with Crippen molar-refractivity contribution in [3.8, 4) is 23.0 Å². The van der Waals surface area contributed by atoms with E-state index in [0.717, 1.165) is 10.2 Å². The van der Waals surface area contributed by atoms with Crippen LogP contribution < -0.4 is 23.8 Å². The van der Waals surface area contributed by atoms with Gasteiger partial charge in [-0.05, 0) is 45.3 Å². The second-order valence-electron chi connectivity index (χ2n) is 7.21. The number of hydrogen-bond acceptors (Lipinski definition) is 8. The molecule has 1 heterocycles. The number of anilines is 1. The molecule has 3 aromatic rings. The molecule has 0 atom stereocenters. The van der Waals surface area contributed by atoms with E-state index in [2.05, 4.69) is 0 Å². The first-order valence-electron chi connectivity index (χ1n) is 10.2. The lowest BCUT2D eigenvalue weighted by molar-refractivity contribution is 0.0984. The fraction of sp³-hybridized carbons (Fsp3) is 0.391. The number of benzene rings is 2. The topological polar surface area (TPSA) is 73.4 Å². The number of ether oxygens (including phenoxy) is 4. The van der Waals surface area contributed by atoms with E-state index in [4.69, 9.17) is 23.9 Å². The van der Waals surface area contributed by atoms with Crippen molar-refractivity contribution in [2.75, 3.05) is 60.0 Å². The summed E-state index contributed by atoms with van der Waals surface area (Å²) in [5.74, 6) is 1.78. The molecule has 0 aliphatic carbocycles. The van der Waals surface area contributed by atoms with Crippen LogP contribution >= 0.6 is 11.3 Å². The molecule has 0 saturated heterocycles. The van der Waals surface area contributed by atoms with Gasteiger partial charge in [-0.25, -0.2) is 4.98 Å². The minimum atomic E-state index is -0.205. The van der Waals surface area contributed by atoms with Crippen LogP contribution in [0.3, 0.4) is 0 Å². The summed E-state index contributed by atoms with van der Waals surface area (Å²) in [5.41, 5.74) is 1.17. The standard InChI is InChI=1S/C23H29N3O5S/c1-7-31-16-9-8-10-19-20(16)24-23(32-19)26(12-11-25(2)3)22(27)15-13-17(28-4)21(30-6)18(14-15)29-5/h8-10,13-14H,7,11-12H2,1-6H3. The Kier molecular flexibility index (Phi) is 7.76. The summed E-state index contributed by atoms with van der Waals surface area (Å²) in [5, 5.41) is 0.604. The summed E-state index contributed by atoms with van der Waals surface area (Å²) in [6.07, 6.45) is 0. The first-order valence-corrected chi connectivity index (χ1v) is 11.0. The van der Waals surface area contributed by atoms with Crippen LogP contribution in [0.15, 0.2) is 30.3 Å². The highest BCUT2D eigenvalue weighted by molar-refractivity contribution is 7.22. The van der Waals surface area contributed by atoms with Gasteiger partial charge in [-0.1, -0.05) is 17.4 Å². The zero-order chi connectivity index (χ0) is 23.3. The van der Waals surface area contributed by atoms with Crippen LogP contribution in [0, 0.1) is 0 Å². The lowest BCUT2D eigenvalue weighted by atomic mass is 10.1. The van der Waals surface area contributed by atoms with E-state index < -0.39 is 0 Å². The molecule has 0 bridgehead atoms. The van der Waals surface area contributed by atoms with E-state index in [-0.39, 0.29) is 5.91 Å². The molecule has 0 unspecified atom stereocenters. The molecule has 172 valence electrons. The van der Waals surface area contributed by atoms with Crippen LogP contribution in [-0.2, 0) is 0 Å². The smallest absolute Gasteiger partial charge is 0.260 e. The highest BCUT2D eigenvalue weighted by Gasteiger charge is 2.25. The molecule has 1 aromatic heterocycles. The summed E-state index contributed by atoms with van der Waals surface area (Å²) in [7, 11) is 8.51. The van der Waals surface area contributed by atoms with Gasteiger partial charge < -0.3 is 23.8 Å². The monoisotopic (exact) mass is 459 g/mol. The van der Waals surface area contributed by atoms with E-state index in [1.807, 2.05) is 44.1 Å². The van der Waals surface area contributed by atoms with Crippen molar-refractivity contribution < 1.29 is 23.7 Å². The first-order chi connectivity index (χ1) is 15.4. The number of nitrogens with zero attached hydrogens (tertiary/aromatic N) is 3. The number of carbonyl (C=O) groups excluding carboxylic acids is 1. The van der Waals surface area contributed by atoms with Crippen molar-refractivity contribution in [3.63, 3.8) is 0 Å². The largest absolute Gasteiger partial charge is 0.493 e. The molecule has 0 N–H and O–H groups in total. The van der Waals surface area contributed by atoms with Gasteiger partial charge in [0.05, 0.1) is 32.6 Å². The van der Waals surface area contributed by atoms with Crippen LogP contribution in [0.4, 0.5) is 5.13 Å². The number of amides is 1. The summed E-state index contributed by atoms with van der Waals surface area (Å²) in [6.45, 7) is 3.61. The second kappa shape index (κ2) is 10.5. The first kappa shape index (κ1) is 23.6. The van der Waals surface area contributed by atoms with Gasteiger partial charge in [0.1, 0.15) is 11.3 Å². The van der Waals surface area contributed by atoms with Gasteiger partial charge in [-0.3, -0.25) is 9.69 Å². The minimum Gasteiger partial charge on any atom is -0.493 e. The van der Waals surface area contributed by atoms with Crippen LogP contribution in [-0.4, -0.2) is 70.9 Å². The van der Waals surface area contributed by atoms with Crippen molar-refractivity contribution >= 4 is 32.6 Å². The highest BCUT2D eigenvalue weighted by atomic mass is 32.1. The number of likely N-dealkylation sites (N-methyl/N-ethyl adjacent to an activating group) is 1. The highest BCUT2D eigenvalue weighted by Crippen LogP contribution is 2.39. The number of methoxy groups -OCH3 is 3. The number of fused-ring (bicyclic) bond motifs is 1. The Labute approximate surface area is 192 Å². The van der Waals surface area contributed by atoms with E-state index in [1.54, 1.807) is 17.0 Å². The quantitative estimate of drug-likeness (QED) is 0.455. The Morgan fingerprint density at radius 3 is 2.25 bits per heavy atom. The van der Waals surface area contributed by atoms with E-state index in [1.165, 1.54) is 32.7 Å². The molecule has 32 heavy (non-hydrogen) atoms. The Bertz CT molecular complexity index is 1060. The Balaban J connectivity index is 2.07. The lowest BCUT2D eigenvalue weighted by Crippen LogP contribution is -2.36. The lowest BCUT2D eigenvalue weighted by Gasteiger charge is -2.23. The fourth-order valence-electron chi connectivity index (χ4n) is 3.24. The molecule has 0 saturated carbocycles. The molecule has 3 rings (SSSR count). The summed E-state index contributed by atoms with van der Waals surface area (Å²) >= 11 is 1.46. The molecular formula is C23H29N3O5S. The van der Waals surface area contributed by atoms with Gasteiger partial charge in [0, 0.05) is 18.7 Å². The van der Waals surface area contributed by atoms with Crippen LogP contribution in [0.25, 0.3) is 10.2 Å². The fourth-order valence-corrected chi connectivity index (χ4v) is 4.25. The van der Waals surface area contributed by atoms with E-state index >= 15 is 0 Å². The molecule has 8 nitrogen and oxygen atoms in total. The molecule has 0 spiro atoms. The van der Waals surface area contributed by atoms with Crippen molar-refractivity contribution in [2.24, 2.45) is 0 Å². The van der Waals surface area contributed by atoms with Crippen molar-refractivity contribution in [1.82, 2.24) is 9.88 Å². The Morgan fingerprint density at radius 1 is 1.00 bits per heavy atom. The average Bonchev–Trinajstić information content (AvgIpc) is 3.22. The molecule has 0 radical (unpaired) electrons.